The van der Waals surface area contributed by atoms with Gasteiger partial charge in [0.2, 0.25) is 0 Å². The molecule has 0 amide bonds. The number of hydrogen-bond acceptors (Lipinski definition) is 5. The Bertz CT molecular complexity index is 1000. The lowest BCUT2D eigenvalue weighted by molar-refractivity contribution is -0.134. The average molecular weight is 401 g/mol. The fraction of sp³-hybridized carbons (Fsp3) is 0.200. The number of hydrogen-bond donors (Lipinski definition) is 0. The standard InChI is InChI=1S/C25H23NO4/c1-2-28-23-6-3-4-7-24(23)29-17-5-8-25(27)30-22-15-13-21(14-16-22)20-11-9-19(18-26)10-12-20/h3-4,6-7,9-16H,2,5,8,17H2,1H3. The van der Waals surface area contributed by atoms with E-state index in [0.29, 0.717) is 42.4 Å². The second-order valence-electron chi connectivity index (χ2n) is 6.52. The molecule has 0 aliphatic carbocycles. The van der Waals surface area contributed by atoms with Crippen molar-refractivity contribution in [1.29, 1.82) is 5.26 Å². The Labute approximate surface area is 176 Å². The van der Waals surface area contributed by atoms with Gasteiger partial charge >= 0.3 is 5.97 Å². The molecule has 0 heterocycles. The van der Waals surface area contributed by atoms with E-state index >= 15 is 0 Å². The van der Waals surface area contributed by atoms with Crippen molar-refractivity contribution in [2.75, 3.05) is 13.2 Å². The van der Waals surface area contributed by atoms with Gasteiger partial charge in [-0.25, -0.2) is 0 Å². The monoisotopic (exact) mass is 401 g/mol. The highest BCUT2D eigenvalue weighted by atomic mass is 16.5. The van der Waals surface area contributed by atoms with Crippen LogP contribution < -0.4 is 14.2 Å². The van der Waals surface area contributed by atoms with Crippen molar-refractivity contribution in [2.24, 2.45) is 0 Å². The maximum absolute atomic E-state index is 12.1. The van der Waals surface area contributed by atoms with Crippen LogP contribution >= 0.6 is 0 Å². The molecule has 0 spiro atoms. The highest BCUT2D eigenvalue weighted by Gasteiger charge is 2.08. The normalized spacial score (nSPS) is 10.1. The average Bonchev–Trinajstić information content (AvgIpc) is 2.78. The third-order valence-electron chi connectivity index (χ3n) is 4.37. The number of carbonyl (C=O) groups is 1. The minimum Gasteiger partial charge on any atom is -0.490 e. The molecule has 0 aliphatic heterocycles. The Morgan fingerprint density at radius 2 is 1.47 bits per heavy atom. The first-order chi connectivity index (χ1) is 14.7. The van der Waals surface area contributed by atoms with Crippen LogP contribution in [0.2, 0.25) is 0 Å². The van der Waals surface area contributed by atoms with Crippen LogP contribution in [-0.2, 0) is 4.79 Å². The number of ether oxygens (including phenoxy) is 3. The number of nitrogens with zero attached hydrogens (tertiary/aromatic N) is 1. The molecule has 30 heavy (non-hydrogen) atoms. The van der Waals surface area contributed by atoms with E-state index in [9.17, 15) is 4.79 Å². The van der Waals surface area contributed by atoms with Gasteiger partial charge in [0.15, 0.2) is 11.5 Å². The molecule has 0 saturated carbocycles. The molecule has 0 atom stereocenters. The SMILES string of the molecule is CCOc1ccccc1OCCCC(=O)Oc1ccc(-c2ccc(C#N)cc2)cc1. The Hall–Kier alpha value is -3.78. The molecule has 5 heteroatoms. The predicted molar refractivity (Wildman–Crippen MR) is 115 cm³/mol. The number of carbonyl (C=O) groups excluding carboxylic acids is 1. The van der Waals surface area contributed by atoms with Gasteiger partial charge in [-0.1, -0.05) is 36.4 Å². The molecule has 152 valence electrons. The Morgan fingerprint density at radius 1 is 0.867 bits per heavy atom. The van der Waals surface area contributed by atoms with E-state index in [4.69, 9.17) is 19.5 Å². The molecule has 0 aromatic heterocycles. The molecule has 0 aliphatic rings. The summed E-state index contributed by atoms with van der Waals surface area (Å²) in [7, 11) is 0. The largest absolute Gasteiger partial charge is 0.490 e. The molecule has 3 rings (SSSR count). The highest BCUT2D eigenvalue weighted by Crippen LogP contribution is 2.26. The molecular formula is C25H23NO4. The lowest BCUT2D eigenvalue weighted by Gasteiger charge is -2.11. The summed E-state index contributed by atoms with van der Waals surface area (Å²) in [6, 6.07) is 24.2. The van der Waals surface area contributed by atoms with E-state index in [1.807, 2.05) is 55.5 Å². The first kappa shape index (κ1) is 20.9. The summed E-state index contributed by atoms with van der Waals surface area (Å²) in [5, 5.41) is 8.88. The zero-order valence-corrected chi connectivity index (χ0v) is 16.8. The van der Waals surface area contributed by atoms with Crippen LogP contribution in [-0.4, -0.2) is 19.2 Å². The maximum Gasteiger partial charge on any atom is 0.311 e. The van der Waals surface area contributed by atoms with Gasteiger partial charge in [0, 0.05) is 6.42 Å². The summed E-state index contributed by atoms with van der Waals surface area (Å²) in [4.78, 5) is 12.1. The Balaban J connectivity index is 1.45. The smallest absolute Gasteiger partial charge is 0.311 e. The summed E-state index contributed by atoms with van der Waals surface area (Å²) in [5.74, 6) is 1.57. The summed E-state index contributed by atoms with van der Waals surface area (Å²) >= 11 is 0. The summed E-state index contributed by atoms with van der Waals surface area (Å²) in [6.45, 7) is 2.89. The number of para-hydroxylation sites is 2. The first-order valence-electron chi connectivity index (χ1n) is 9.85. The molecular weight excluding hydrogens is 378 g/mol. The zero-order chi connectivity index (χ0) is 21.2. The van der Waals surface area contributed by atoms with Crippen molar-refractivity contribution in [3.8, 4) is 34.4 Å². The molecule has 0 N–H and O–H groups in total. The Kier molecular flexibility index (Phi) is 7.45. The fourth-order valence-corrected chi connectivity index (χ4v) is 2.88. The zero-order valence-electron chi connectivity index (χ0n) is 16.8. The second kappa shape index (κ2) is 10.7. The predicted octanol–water partition coefficient (Wildman–Crippen LogP) is 5.39. The number of esters is 1. The second-order valence-corrected chi connectivity index (χ2v) is 6.52. The molecule has 3 aromatic carbocycles. The van der Waals surface area contributed by atoms with Crippen LogP contribution in [0.15, 0.2) is 72.8 Å². The quantitative estimate of drug-likeness (QED) is 0.273. The van der Waals surface area contributed by atoms with Gasteiger partial charge in [-0.15, -0.1) is 0 Å². The molecule has 3 aromatic rings. The molecule has 0 radical (unpaired) electrons. The van der Waals surface area contributed by atoms with Gasteiger partial charge < -0.3 is 14.2 Å². The van der Waals surface area contributed by atoms with Crippen LogP contribution in [0.4, 0.5) is 0 Å². The van der Waals surface area contributed by atoms with Crippen molar-refractivity contribution in [1.82, 2.24) is 0 Å². The van der Waals surface area contributed by atoms with Gasteiger partial charge in [-0.3, -0.25) is 4.79 Å². The van der Waals surface area contributed by atoms with E-state index < -0.39 is 0 Å². The van der Waals surface area contributed by atoms with Crippen LogP contribution in [0.3, 0.4) is 0 Å². The van der Waals surface area contributed by atoms with Crippen molar-refractivity contribution in [3.63, 3.8) is 0 Å². The van der Waals surface area contributed by atoms with Gasteiger partial charge in [-0.05, 0) is 60.9 Å². The molecule has 0 fully saturated rings. The molecule has 0 bridgehead atoms. The topological polar surface area (TPSA) is 68.6 Å². The van der Waals surface area contributed by atoms with Crippen molar-refractivity contribution >= 4 is 5.97 Å². The van der Waals surface area contributed by atoms with E-state index in [0.717, 1.165) is 11.1 Å². The van der Waals surface area contributed by atoms with Crippen LogP contribution in [0, 0.1) is 11.3 Å². The van der Waals surface area contributed by atoms with E-state index in [1.54, 1.807) is 24.3 Å². The lowest BCUT2D eigenvalue weighted by Crippen LogP contribution is -2.10. The minimum absolute atomic E-state index is 0.258. The fourth-order valence-electron chi connectivity index (χ4n) is 2.88. The summed E-state index contributed by atoms with van der Waals surface area (Å²) < 4.78 is 16.6. The van der Waals surface area contributed by atoms with Gasteiger partial charge in [0.05, 0.1) is 24.8 Å². The summed E-state index contributed by atoms with van der Waals surface area (Å²) in [5.41, 5.74) is 2.60. The number of nitriles is 1. The number of rotatable bonds is 9. The van der Waals surface area contributed by atoms with Gasteiger partial charge in [0.25, 0.3) is 0 Å². The molecule has 5 nitrogen and oxygen atoms in total. The van der Waals surface area contributed by atoms with Crippen molar-refractivity contribution in [2.45, 2.75) is 19.8 Å². The third kappa shape index (κ3) is 5.86. The van der Waals surface area contributed by atoms with Gasteiger partial charge in [0.1, 0.15) is 5.75 Å². The van der Waals surface area contributed by atoms with Crippen LogP contribution in [0.25, 0.3) is 11.1 Å². The molecule has 0 unspecified atom stereocenters. The van der Waals surface area contributed by atoms with Crippen molar-refractivity contribution in [3.05, 3.63) is 78.4 Å². The number of benzene rings is 3. The molecule has 0 saturated heterocycles. The lowest BCUT2D eigenvalue weighted by atomic mass is 10.0. The maximum atomic E-state index is 12.1. The third-order valence-corrected chi connectivity index (χ3v) is 4.37. The first-order valence-corrected chi connectivity index (χ1v) is 9.85. The highest BCUT2D eigenvalue weighted by molar-refractivity contribution is 5.73. The van der Waals surface area contributed by atoms with E-state index in [1.165, 1.54) is 0 Å². The van der Waals surface area contributed by atoms with E-state index in [2.05, 4.69) is 6.07 Å². The minimum atomic E-state index is -0.303. The van der Waals surface area contributed by atoms with Crippen LogP contribution in [0.1, 0.15) is 25.3 Å². The Morgan fingerprint density at radius 3 is 2.07 bits per heavy atom. The van der Waals surface area contributed by atoms with Gasteiger partial charge in [-0.2, -0.15) is 5.26 Å². The summed E-state index contributed by atoms with van der Waals surface area (Å²) in [6.07, 6.45) is 0.802. The van der Waals surface area contributed by atoms with Crippen LogP contribution in [0.5, 0.6) is 17.2 Å². The van der Waals surface area contributed by atoms with Crippen molar-refractivity contribution < 1.29 is 19.0 Å². The van der Waals surface area contributed by atoms with E-state index in [-0.39, 0.29) is 12.4 Å².